The molecular weight excluding hydrogens is 306 g/mol. The molecule has 0 aliphatic heterocycles. The first-order chi connectivity index (χ1) is 7.07. The minimum absolute atomic E-state index is 0.155. The van der Waals surface area contributed by atoms with Crippen molar-refractivity contribution in [1.29, 1.82) is 0 Å². The van der Waals surface area contributed by atoms with Crippen LogP contribution < -0.4 is 4.74 Å². The summed E-state index contributed by atoms with van der Waals surface area (Å²) in [4.78, 5) is 0. The molecule has 80 valence electrons. The van der Waals surface area contributed by atoms with E-state index in [9.17, 15) is 4.39 Å². The Morgan fingerprint density at radius 3 is 2.53 bits per heavy atom. The van der Waals surface area contributed by atoms with Crippen LogP contribution in [0.25, 0.3) is 0 Å². The van der Waals surface area contributed by atoms with E-state index in [0.717, 1.165) is 11.3 Å². The SMILES string of the molecule is COc1ccc(F)cc1C12CC(I)(C1)C2. The van der Waals surface area contributed by atoms with Crippen LogP contribution >= 0.6 is 22.6 Å². The zero-order valence-electron chi connectivity index (χ0n) is 8.52. The number of halogens is 2. The summed E-state index contributed by atoms with van der Waals surface area (Å²) in [6.07, 6.45) is 3.54. The van der Waals surface area contributed by atoms with E-state index in [2.05, 4.69) is 22.6 Å². The van der Waals surface area contributed by atoms with Gasteiger partial charge in [0.05, 0.1) is 7.11 Å². The molecule has 4 rings (SSSR count). The van der Waals surface area contributed by atoms with Gasteiger partial charge in [-0.25, -0.2) is 4.39 Å². The normalized spacial score (nSPS) is 36.7. The first-order valence-electron chi connectivity index (χ1n) is 5.10. The van der Waals surface area contributed by atoms with Gasteiger partial charge in [0.25, 0.3) is 0 Å². The molecule has 3 aliphatic rings. The van der Waals surface area contributed by atoms with E-state index in [1.807, 2.05) is 0 Å². The van der Waals surface area contributed by atoms with Crippen molar-refractivity contribution in [3.05, 3.63) is 29.6 Å². The predicted octanol–water partition coefficient (Wildman–Crippen LogP) is 3.44. The Labute approximate surface area is 102 Å². The van der Waals surface area contributed by atoms with Crippen molar-refractivity contribution in [2.24, 2.45) is 0 Å². The van der Waals surface area contributed by atoms with Gasteiger partial charge in [-0.1, -0.05) is 22.6 Å². The summed E-state index contributed by atoms with van der Waals surface area (Å²) in [5.74, 6) is 0.688. The second-order valence-electron chi connectivity index (χ2n) is 4.81. The van der Waals surface area contributed by atoms with Crippen LogP contribution in [0.1, 0.15) is 24.8 Å². The van der Waals surface area contributed by atoms with Crippen molar-refractivity contribution >= 4 is 22.6 Å². The average molecular weight is 318 g/mol. The molecule has 1 aromatic carbocycles. The van der Waals surface area contributed by atoms with Crippen LogP contribution in [0.4, 0.5) is 4.39 Å². The van der Waals surface area contributed by atoms with E-state index >= 15 is 0 Å². The second-order valence-corrected chi connectivity index (χ2v) is 7.09. The highest BCUT2D eigenvalue weighted by Gasteiger charge is 2.67. The highest BCUT2D eigenvalue weighted by Crippen LogP contribution is 2.73. The summed E-state index contributed by atoms with van der Waals surface area (Å²) in [7, 11) is 1.65. The van der Waals surface area contributed by atoms with Crippen LogP contribution in [-0.4, -0.2) is 10.5 Å². The summed E-state index contributed by atoms with van der Waals surface area (Å²) < 4.78 is 19.0. The van der Waals surface area contributed by atoms with Crippen molar-refractivity contribution < 1.29 is 9.13 Å². The monoisotopic (exact) mass is 318 g/mol. The van der Waals surface area contributed by atoms with Gasteiger partial charge < -0.3 is 4.74 Å². The third-order valence-corrected chi connectivity index (χ3v) is 4.84. The van der Waals surface area contributed by atoms with Crippen molar-refractivity contribution in [2.75, 3.05) is 7.11 Å². The fraction of sp³-hybridized carbons (Fsp3) is 0.500. The largest absolute Gasteiger partial charge is 0.496 e. The summed E-state index contributed by atoms with van der Waals surface area (Å²) in [6.45, 7) is 0. The number of methoxy groups -OCH3 is 1. The molecule has 2 bridgehead atoms. The van der Waals surface area contributed by atoms with Gasteiger partial charge in [-0.3, -0.25) is 0 Å². The van der Waals surface area contributed by atoms with Crippen molar-refractivity contribution in [2.45, 2.75) is 28.1 Å². The first-order valence-corrected chi connectivity index (χ1v) is 6.18. The van der Waals surface area contributed by atoms with Crippen molar-refractivity contribution in [3.8, 4) is 5.75 Å². The predicted molar refractivity (Wildman–Crippen MR) is 65.2 cm³/mol. The molecule has 1 nitrogen and oxygen atoms in total. The van der Waals surface area contributed by atoms with Gasteiger partial charge in [0.2, 0.25) is 0 Å². The van der Waals surface area contributed by atoms with Crippen molar-refractivity contribution in [3.63, 3.8) is 0 Å². The zero-order chi connectivity index (χ0) is 10.7. The fourth-order valence-corrected chi connectivity index (χ4v) is 5.23. The highest BCUT2D eigenvalue weighted by molar-refractivity contribution is 14.1. The Balaban J connectivity index is 2.01. The summed E-state index contributed by atoms with van der Waals surface area (Å²) in [6, 6.07) is 4.85. The maximum absolute atomic E-state index is 13.2. The minimum atomic E-state index is -0.155. The Kier molecular flexibility index (Phi) is 1.89. The van der Waals surface area contributed by atoms with Crippen LogP contribution in [0, 0.1) is 5.82 Å². The number of benzene rings is 1. The molecule has 0 N–H and O–H groups in total. The lowest BCUT2D eigenvalue weighted by Gasteiger charge is -2.68. The lowest BCUT2D eigenvalue weighted by atomic mass is 9.42. The molecule has 0 unspecified atom stereocenters. The standard InChI is InChI=1S/C12H12FIO/c1-15-10-3-2-8(13)4-9(10)11-5-12(14,6-11)7-11/h2-4H,5-7H2,1H3. The Morgan fingerprint density at radius 2 is 2.00 bits per heavy atom. The molecule has 3 heteroatoms. The topological polar surface area (TPSA) is 9.23 Å². The quantitative estimate of drug-likeness (QED) is 0.599. The Morgan fingerprint density at radius 1 is 1.33 bits per heavy atom. The third kappa shape index (κ3) is 1.25. The Hall–Kier alpha value is -0.320. The molecule has 0 radical (unpaired) electrons. The summed E-state index contributed by atoms with van der Waals surface area (Å²) in [5.41, 5.74) is 1.30. The maximum atomic E-state index is 13.2. The van der Waals surface area contributed by atoms with E-state index in [1.165, 1.54) is 25.3 Å². The molecule has 15 heavy (non-hydrogen) atoms. The van der Waals surface area contributed by atoms with Gasteiger partial charge >= 0.3 is 0 Å². The molecule has 3 aliphatic carbocycles. The van der Waals surface area contributed by atoms with E-state index in [-0.39, 0.29) is 11.2 Å². The van der Waals surface area contributed by atoms with Gasteiger partial charge in [0, 0.05) is 14.4 Å². The van der Waals surface area contributed by atoms with Crippen LogP contribution in [0.2, 0.25) is 0 Å². The highest BCUT2D eigenvalue weighted by atomic mass is 127. The van der Waals surface area contributed by atoms with E-state index < -0.39 is 0 Å². The van der Waals surface area contributed by atoms with Crippen LogP contribution in [-0.2, 0) is 5.41 Å². The third-order valence-electron chi connectivity index (χ3n) is 3.70. The molecule has 3 saturated carbocycles. The Bertz CT molecular complexity index is 410. The van der Waals surface area contributed by atoms with E-state index in [1.54, 1.807) is 19.2 Å². The lowest BCUT2D eigenvalue weighted by Crippen LogP contribution is -2.66. The first kappa shape index (κ1) is 9.87. The smallest absolute Gasteiger partial charge is 0.123 e. The number of hydrogen-bond donors (Lipinski definition) is 0. The number of rotatable bonds is 2. The van der Waals surface area contributed by atoms with Crippen LogP contribution in [0.5, 0.6) is 5.75 Å². The van der Waals surface area contributed by atoms with E-state index in [0.29, 0.717) is 3.42 Å². The van der Waals surface area contributed by atoms with Crippen LogP contribution in [0.15, 0.2) is 18.2 Å². The number of alkyl halides is 1. The number of ether oxygens (including phenoxy) is 1. The summed E-state index contributed by atoms with van der Waals surface area (Å²) >= 11 is 2.53. The van der Waals surface area contributed by atoms with Gasteiger partial charge in [-0.15, -0.1) is 0 Å². The average Bonchev–Trinajstić information content (AvgIpc) is 2.11. The van der Waals surface area contributed by atoms with E-state index in [4.69, 9.17) is 4.74 Å². The van der Waals surface area contributed by atoms with Gasteiger partial charge in [0.1, 0.15) is 11.6 Å². The van der Waals surface area contributed by atoms with Crippen LogP contribution in [0.3, 0.4) is 0 Å². The maximum Gasteiger partial charge on any atom is 0.123 e. The molecule has 0 amide bonds. The van der Waals surface area contributed by atoms with Gasteiger partial charge in [0.15, 0.2) is 0 Å². The molecule has 1 aromatic rings. The zero-order valence-corrected chi connectivity index (χ0v) is 10.7. The lowest BCUT2D eigenvalue weighted by molar-refractivity contribution is 0.0196. The minimum Gasteiger partial charge on any atom is -0.496 e. The fourth-order valence-electron chi connectivity index (χ4n) is 3.04. The molecule has 3 fully saturated rings. The summed E-state index contributed by atoms with van der Waals surface area (Å²) in [5, 5.41) is 0. The molecule has 0 spiro atoms. The molecule has 0 heterocycles. The number of hydrogen-bond acceptors (Lipinski definition) is 1. The van der Waals surface area contributed by atoms with Gasteiger partial charge in [-0.05, 0) is 37.5 Å². The molecule has 0 saturated heterocycles. The second kappa shape index (κ2) is 2.87. The molecule has 0 aromatic heterocycles. The van der Waals surface area contributed by atoms with Gasteiger partial charge in [-0.2, -0.15) is 0 Å². The molecule has 0 atom stereocenters. The van der Waals surface area contributed by atoms with Crippen molar-refractivity contribution in [1.82, 2.24) is 0 Å². The molecular formula is C12H12FIO.